The van der Waals surface area contributed by atoms with Gasteiger partial charge >= 0.3 is 0 Å². The lowest BCUT2D eigenvalue weighted by atomic mass is 10.2. The van der Waals surface area contributed by atoms with Crippen LogP contribution < -0.4 is 11.3 Å². The van der Waals surface area contributed by atoms with E-state index >= 15 is 0 Å². The summed E-state index contributed by atoms with van der Waals surface area (Å²) >= 11 is 3.46. The molecule has 2 aromatic rings. The van der Waals surface area contributed by atoms with Gasteiger partial charge in [0.2, 0.25) is 0 Å². The van der Waals surface area contributed by atoms with Crippen LogP contribution in [0.5, 0.6) is 0 Å². The molecule has 0 aliphatic carbocycles. The molecular weight excluding hydrogens is 322 g/mol. The fraction of sp³-hybridized carbons (Fsp3) is 0.143. The van der Waals surface area contributed by atoms with Gasteiger partial charge in [0.05, 0.1) is 12.1 Å². The predicted molar refractivity (Wildman–Crippen MR) is 81.2 cm³/mol. The SMILES string of the molecule is Cc1ccc(/C(N)=N/O)c(=O)n1Cc1ccccc1Br. The van der Waals surface area contributed by atoms with Gasteiger partial charge in [-0.25, -0.2) is 0 Å². The summed E-state index contributed by atoms with van der Waals surface area (Å²) in [5.74, 6) is -0.184. The van der Waals surface area contributed by atoms with Gasteiger partial charge in [-0.15, -0.1) is 0 Å². The monoisotopic (exact) mass is 335 g/mol. The molecule has 0 spiro atoms. The zero-order chi connectivity index (χ0) is 14.7. The van der Waals surface area contributed by atoms with E-state index in [0.29, 0.717) is 6.54 Å². The van der Waals surface area contributed by atoms with Gasteiger partial charge in [-0.3, -0.25) is 4.79 Å². The standard InChI is InChI=1S/C14H14BrN3O2/c1-9-6-7-11(13(16)17-20)14(19)18(9)8-10-4-2-3-5-12(10)15/h2-7,20H,8H2,1H3,(H2,16,17). The second-order valence-corrected chi connectivity index (χ2v) is 5.21. The van der Waals surface area contributed by atoms with E-state index in [0.717, 1.165) is 15.7 Å². The predicted octanol–water partition coefficient (Wildman–Crippen LogP) is 2.06. The molecule has 5 nitrogen and oxygen atoms in total. The van der Waals surface area contributed by atoms with Crippen molar-refractivity contribution in [2.24, 2.45) is 10.9 Å². The molecule has 1 aromatic carbocycles. The van der Waals surface area contributed by atoms with Crippen molar-refractivity contribution in [3.63, 3.8) is 0 Å². The lowest BCUT2D eigenvalue weighted by Gasteiger charge is -2.12. The third-order valence-electron chi connectivity index (χ3n) is 3.06. The molecule has 0 saturated carbocycles. The fourth-order valence-electron chi connectivity index (χ4n) is 1.91. The molecule has 0 aliphatic heterocycles. The van der Waals surface area contributed by atoms with Crippen molar-refractivity contribution >= 4 is 21.8 Å². The number of halogens is 1. The first-order valence-electron chi connectivity index (χ1n) is 5.96. The third kappa shape index (κ3) is 2.75. The second kappa shape index (κ2) is 5.92. The van der Waals surface area contributed by atoms with Gasteiger partial charge in [-0.1, -0.05) is 39.3 Å². The van der Waals surface area contributed by atoms with Crippen LogP contribution in [0, 0.1) is 6.92 Å². The molecule has 0 unspecified atom stereocenters. The molecule has 1 aromatic heterocycles. The molecule has 0 fully saturated rings. The Morgan fingerprint density at radius 1 is 1.35 bits per heavy atom. The highest BCUT2D eigenvalue weighted by Crippen LogP contribution is 2.17. The van der Waals surface area contributed by atoms with Gasteiger partial charge in [-0.2, -0.15) is 0 Å². The van der Waals surface area contributed by atoms with Crippen molar-refractivity contribution in [1.82, 2.24) is 4.57 Å². The fourth-order valence-corrected chi connectivity index (χ4v) is 2.32. The Hall–Kier alpha value is -2.08. The largest absolute Gasteiger partial charge is 0.409 e. The van der Waals surface area contributed by atoms with Crippen LogP contribution in [0.25, 0.3) is 0 Å². The zero-order valence-corrected chi connectivity index (χ0v) is 12.5. The normalized spacial score (nSPS) is 11.6. The van der Waals surface area contributed by atoms with Gasteiger partial charge in [-0.05, 0) is 30.7 Å². The van der Waals surface area contributed by atoms with E-state index in [2.05, 4.69) is 21.1 Å². The Bertz CT molecular complexity index is 723. The molecule has 0 amide bonds. The average molecular weight is 336 g/mol. The van der Waals surface area contributed by atoms with E-state index < -0.39 is 0 Å². The summed E-state index contributed by atoms with van der Waals surface area (Å²) in [5, 5.41) is 11.6. The average Bonchev–Trinajstić information content (AvgIpc) is 2.44. The second-order valence-electron chi connectivity index (χ2n) is 4.36. The molecule has 6 heteroatoms. The quantitative estimate of drug-likeness (QED) is 0.390. The third-order valence-corrected chi connectivity index (χ3v) is 3.84. The van der Waals surface area contributed by atoms with Gasteiger partial charge in [0.1, 0.15) is 0 Å². The van der Waals surface area contributed by atoms with Crippen LogP contribution in [-0.2, 0) is 6.54 Å². The summed E-state index contributed by atoms with van der Waals surface area (Å²) < 4.78 is 2.52. The van der Waals surface area contributed by atoms with Gasteiger partial charge < -0.3 is 15.5 Å². The van der Waals surface area contributed by atoms with E-state index in [9.17, 15) is 4.79 Å². The number of rotatable bonds is 3. The molecule has 20 heavy (non-hydrogen) atoms. The Labute approximate surface area is 124 Å². The first-order chi connectivity index (χ1) is 9.54. The molecule has 2 rings (SSSR count). The number of benzene rings is 1. The molecule has 0 aliphatic rings. The number of aryl methyl sites for hydroxylation is 1. The number of aromatic nitrogens is 1. The maximum atomic E-state index is 12.4. The molecular formula is C14H14BrN3O2. The van der Waals surface area contributed by atoms with Crippen LogP contribution in [0.1, 0.15) is 16.8 Å². The number of oxime groups is 1. The summed E-state index contributed by atoms with van der Waals surface area (Å²) in [6.07, 6.45) is 0. The van der Waals surface area contributed by atoms with Gasteiger partial charge in [0.25, 0.3) is 5.56 Å². The molecule has 3 N–H and O–H groups in total. The van der Waals surface area contributed by atoms with Crippen molar-refractivity contribution in [1.29, 1.82) is 0 Å². The zero-order valence-electron chi connectivity index (χ0n) is 10.9. The van der Waals surface area contributed by atoms with Crippen molar-refractivity contribution in [3.05, 3.63) is 68.0 Å². The molecule has 0 saturated heterocycles. The maximum absolute atomic E-state index is 12.4. The lowest BCUT2D eigenvalue weighted by Crippen LogP contribution is -2.31. The summed E-state index contributed by atoms with van der Waals surface area (Å²) in [7, 11) is 0. The molecule has 1 heterocycles. The number of hydrogen-bond donors (Lipinski definition) is 2. The minimum Gasteiger partial charge on any atom is -0.409 e. The Balaban J connectivity index is 2.52. The highest BCUT2D eigenvalue weighted by Gasteiger charge is 2.11. The summed E-state index contributed by atoms with van der Waals surface area (Å²) in [6.45, 7) is 2.26. The van der Waals surface area contributed by atoms with E-state index in [4.69, 9.17) is 10.9 Å². The highest BCUT2D eigenvalue weighted by atomic mass is 79.9. The van der Waals surface area contributed by atoms with Crippen LogP contribution in [0.2, 0.25) is 0 Å². The van der Waals surface area contributed by atoms with E-state index in [1.54, 1.807) is 16.7 Å². The summed E-state index contributed by atoms with van der Waals surface area (Å²) in [6, 6.07) is 11.0. The van der Waals surface area contributed by atoms with Crippen LogP contribution in [0.4, 0.5) is 0 Å². The Morgan fingerprint density at radius 2 is 2.05 bits per heavy atom. The van der Waals surface area contributed by atoms with E-state index in [1.165, 1.54) is 0 Å². The van der Waals surface area contributed by atoms with Crippen LogP contribution in [-0.4, -0.2) is 15.6 Å². The smallest absolute Gasteiger partial charge is 0.262 e. The molecule has 0 atom stereocenters. The highest BCUT2D eigenvalue weighted by molar-refractivity contribution is 9.10. The van der Waals surface area contributed by atoms with Crippen LogP contribution in [0.15, 0.2) is 50.8 Å². The number of nitrogens with two attached hydrogens (primary N) is 1. The summed E-state index contributed by atoms with van der Waals surface area (Å²) in [4.78, 5) is 12.4. The first kappa shape index (κ1) is 14.3. The van der Waals surface area contributed by atoms with Gasteiger partial charge in [0, 0.05) is 10.2 Å². The van der Waals surface area contributed by atoms with Crippen molar-refractivity contribution < 1.29 is 5.21 Å². The maximum Gasteiger partial charge on any atom is 0.262 e. The molecule has 104 valence electrons. The van der Waals surface area contributed by atoms with Crippen molar-refractivity contribution in [2.75, 3.05) is 0 Å². The first-order valence-corrected chi connectivity index (χ1v) is 6.75. The Morgan fingerprint density at radius 3 is 2.70 bits per heavy atom. The number of hydrogen-bond acceptors (Lipinski definition) is 3. The number of nitrogens with zero attached hydrogens (tertiary/aromatic N) is 2. The minimum absolute atomic E-state index is 0.184. The number of amidine groups is 1. The van der Waals surface area contributed by atoms with Crippen molar-refractivity contribution in [3.8, 4) is 0 Å². The topological polar surface area (TPSA) is 80.6 Å². The number of pyridine rings is 1. The van der Waals surface area contributed by atoms with Crippen molar-refractivity contribution in [2.45, 2.75) is 13.5 Å². The lowest BCUT2D eigenvalue weighted by molar-refractivity contribution is 0.318. The van der Waals surface area contributed by atoms with Gasteiger partial charge in [0.15, 0.2) is 5.84 Å². The molecule has 0 bridgehead atoms. The van der Waals surface area contributed by atoms with E-state index in [1.807, 2.05) is 31.2 Å². The van der Waals surface area contributed by atoms with E-state index in [-0.39, 0.29) is 17.0 Å². The Kier molecular flexibility index (Phi) is 4.24. The minimum atomic E-state index is -0.281. The molecule has 0 radical (unpaired) electrons. The van der Waals surface area contributed by atoms with Crippen LogP contribution in [0.3, 0.4) is 0 Å². The van der Waals surface area contributed by atoms with Crippen LogP contribution >= 0.6 is 15.9 Å². The summed E-state index contributed by atoms with van der Waals surface area (Å²) in [5.41, 5.74) is 7.21.